The van der Waals surface area contributed by atoms with Gasteiger partial charge in [-0.05, 0) is 36.8 Å². The van der Waals surface area contributed by atoms with Crippen LogP contribution in [0.25, 0.3) is 0 Å². The maximum Gasteiger partial charge on any atom is 0.261 e. The Hall–Kier alpha value is -0.870. The van der Waals surface area contributed by atoms with E-state index in [1.807, 2.05) is 0 Å². The molecule has 1 aromatic heterocycles. The SMILES string of the molecule is CC1CCc2sc(C(=O)NCC3CNC3)cc2C1. The van der Waals surface area contributed by atoms with Crippen molar-refractivity contribution in [2.24, 2.45) is 11.8 Å². The van der Waals surface area contributed by atoms with Crippen molar-refractivity contribution >= 4 is 17.2 Å². The minimum Gasteiger partial charge on any atom is -0.351 e. The van der Waals surface area contributed by atoms with Crippen LogP contribution in [0.5, 0.6) is 0 Å². The van der Waals surface area contributed by atoms with Gasteiger partial charge in [0.25, 0.3) is 5.91 Å². The number of amides is 1. The molecule has 18 heavy (non-hydrogen) atoms. The second-order valence-electron chi connectivity index (χ2n) is 5.64. The van der Waals surface area contributed by atoms with Crippen LogP contribution in [0.1, 0.15) is 33.5 Å². The summed E-state index contributed by atoms with van der Waals surface area (Å²) >= 11 is 1.70. The van der Waals surface area contributed by atoms with E-state index in [4.69, 9.17) is 0 Å². The zero-order valence-corrected chi connectivity index (χ0v) is 11.6. The van der Waals surface area contributed by atoms with Crippen LogP contribution in [0.4, 0.5) is 0 Å². The van der Waals surface area contributed by atoms with Gasteiger partial charge in [-0.1, -0.05) is 6.92 Å². The third kappa shape index (κ3) is 2.45. The molecule has 0 saturated carbocycles. The van der Waals surface area contributed by atoms with Crippen LogP contribution in [0.3, 0.4) is 0 Å². The van der Waals surface area contributed by atoms with Gasteiger partial charge in [-0.25, -0.2) is 0 Å². The molecule has 3 rings (SSSR count). The number of carbonyl (C=O) groups excluding carboxylic acids is 1. The molecule has 1 saturated heterocycles. The highest BCUT2D eigenvalue weighted by Gasteiger charge is 2.22. The van der Waals surface area contributed by atoms with E-state index in [1.54, 1.807) is 11.3 Å². The van der Waals surface area contributed by atoms with Gasteiger partial charge in [-0.15, -0.1) is 11.3 Å². The first-order valence-electron chi connectivity index (χ1n) is 6.83. The lowest BCUT2D eigenvalue weighted by Gasteiger charge is -2.26. The Balaban J connectivity index is 1.63. The zero-order valence-electron chi connectivity index (χ0n) is 10.8. The molecule has 0 spiro atoms. The average molecular weight is 264 g/mol. The Bertz CT molecular complexity index is 451. The molecule has 2 aliphatic rings. The van der Waals surface area contributed by atoms with Crippen molar-refractivity contribution in [3.05, 3.63) is 21.4 Å². The van der Waals surface area contributed by atoms with Crippen molar-refractivity contribution in [2.45, 2.75) is 26.2 Å². The van der Waals surface area contributed by atoms with E-state index < -0.39 is 0 Å². The maximum atomic E-state index is 12.1. The van der Waals surface area contributed by atoms with Crippen molar-refractivity contribution in [3.8, 4) is 0 Å². The fraction of sp³-hybridized carbons (Fsp3) is 0.643. The molecule has 2 heterocycles. The molecule has 1 unspecified atom stereocenters. The molecule has 1 amide bonds. The Kier molecular flexibility index (Phi) is 3.39. The van der Waals surface area contributed by atoms with Crippen molar-refractivity contribution in [1.29, 1.82) is 0 Å². The van der Waals surface area contributed by atoms with Crippen LogP contribution in [-0.4, -0.2) is 25.5 Å². The van der Waals surface area contributed by atoms with Gasteiger partial charge in [0.15, 0.2) is 0 Å². The van der Waals surface area contributed by atoms with Gasteiger partial charge >= 0.3 is 0 Å². The van der Waals surface area contributed by atoms with Crippen molar-refractivity contribution in [3.63, 3.8) is 0 Å². The van der Waals surface area contributed by atoms with Crippen molar-refractivity contribution < 1.29 is 4.79 Å². The lowest BCUT2D eigenvalue weighted by atomic mass is 9.90. The maximum absolute atomic E-state index is 12.1. The molecule has 98 valence electrons. The molecular formula is C14H20N2OS. The minimum absolute atomic E-state index is 0.119. The van der Waals surface area contributed by atoms with Gasteiger partial charge in [0.1, 0.15) is 0 Å². The third-order valence-electron chi connectivity index (χ3n) is 3.97. The van der Waals surface area contributed by atoms with Crippen LogP contribution in [0.2, 0.25) is 0 Å². The summed E-state index contributed by atoms with van der Waals surface area (Å²) in [7, 11) is 0. The van der Waals surface area contributed by atoms with E-state index in [0.717, 1.165) is 43.3 Å². The van der Waals surface area contributed by atoms with Gasteiger partial charge in [0.05, 0.1) is 4.88 Å². The van der Waals surface area contributed by atoms with E-state index in [1.165, 1.54) is 16.9 Å². The van der Waals surface area contributed by atoms with Crippen LogP contribution in [-0.2, 0) is 12.8 Å². The highest BCUT2D eigenvalue weighted by Crippen LogP contribution is 2.32. The fourth-order valence-electron chi connectivity index (χ4n) is 2.63. The van der Waals surface area contributed by atoms with E-state index >= 15 is 0 Å². The number of thiophene rings is 1. The zero-order chi connectivity index (χ0) is 12.5. The number of aryl methyl sites for hydroxylation is 1. The summed E-state index contributed by atoms with van der Waals surface area (Å²) in [5.41, 5.74) is 1.41. The Morgan fingerprint density at radius 3 is 3.11 bits per heavy atom. The Labute approximate surface area is 112 Å². The topological polar surface area (TPSA) is 41.1 Å². The number of nitrogens with one attached hydrogen (secondary N) is 2. The van der Waals surface area contributed by atoms with Crippen molar-refractivity contribution in [2.75, 3.05) is 19.6 Å². The minimum atomic E-state index is 0.119. The quantitative estimate of drug-likeness (QED) is 0.874. The molecule has 0 bridgehead atoms. The summed E-state index contributed by atoms with van der Waals surface area (Å²) in [5, 5.41) is 6.27. The molecule has 2 N–H and O–H groups in total. The highest BCUT2D eigenvalue weighted by atomic mass is 32.1. The fourth-order valence-corrected chi connectivity index (χ4v) is 3.76. The third-order valence-corrected chi connectivity index (χ3v) is 5.21. The summed E-state index contributed by atoms with van der Waals surface area (Å²) in [6.07, 6.45) is 3.56. The number of rotatable bonds is 3. The normalized spacial score (nSPS) is 23.3. The summed E-state index contributed by atoms with van der Waals surface area (Å²) in [4.78, 5) is 14.4. The molecule has 1 fully saturated rings. The summed E-state index contributed by atoms with van der Waals surface area (Å²) in [6.45, 7) is 5.19. The molecule has 4 heteroatoms. The smallest absolute Gasteiger partial charge is 0.261 e. The lowest BCUT2D eigenvalue weighted by molar-refractivity contribution is 0.0946. The van der Waals surface area contributed by atoms with Gasteiger partial charge in [0.2, 0.25) is 0 Å². The van der Waals surface area contributed by atoms with Crippen LogP contribution in [0, 0.1) is 11.8 Å². The average Bonchev–Trinajstić information content (AvgIpc) is 2.69. The first-order valence-corrected chi connectivity index (χ1v) is 7.64. The van der Waals surface area contributed by atoms with Gasteiger partial charge in [-0.3, -0.25) is 4.79 Å². The first-order chi connectivity index (χ1) is 8.72. The number of fused-ring (bicyclic) bond motifs is 1. The molecule has 0 aromatic carbocycles. The molecule has 0 radical (unpaired) electrons. The molecule has 3 nitrogen and oxygen atoms in total. The second-order valence-corrected chi connectivity index (χ2v) is 6.78. The largest absolute Gasteiger partial charge is 0.351 e. The van der Waals surface area contributed by atoms with Crippen molar-refractivity contribution in [1.82, 2.24) is 10.6 Å². The highest BCUT2D eigenvalue weighted by molar-refractivity contribution is 7.14. The standard InChI is InChI=1S/C14H20N2OS/c1-9-2-3-12-11(4-9)5-13(18-12)14(17)16-8-10-6-15-7-10/h5,9-10,15H,2-4,6-8H2,1H3,(H,16,17). The molecule has 1 atom stereocenters. The Morgan fingerprint density at radius 1 is 1.56 bits per heavy atom. The molecule has 1 aromatic rings. The van der Waals surface area contributed by atoms with Crippen LogP contribution in [0.15, 0.2) is 6.07 Å². The molecule has 1 aliphatic carbocycles. The molecular weight excluding hydrogens is 244 g/mol. The van der Waals surface area contributed by atoms with Gasteiger partial charge in [0, 0.05) is 30.4 Å². The number of hydrogen-bond donors (Lipinski definition) is 2. The number of hydrogen-bond acceptors (Lipinski definition) is 3. The Morgan fingerprint density at radius 2 is 2.39 bits per heavy atom. The lowest BCUT2D eigenvalue weighted by Crippen LogP contribution is -2.48. The first kappa shape index (κ1) is 12.2. The van der Waals surface area contributed by atoms with E-state index in [9.17, 15) is 4.79 Å². The van der Waals surface area contributed by atoms with Gasteiger partial charge in [-0.2, -0.15) is 0 Å². The van der Waals surface area contributed by atoms with E-state index in [2.05, 4.69) is 23.6 Å². The number of carbonyl (C=O) groups is 1. The van der Waals surface area contributed by atoms with E-state index in [0.29, 0.717) is 5.92 Å². The van der Waals surface area contributed by atoms with Gasteiger partial charge < -0.3 is 10.6 Å². The second kappa shape index (κ2) is 5.02. The van der Waals surface area contributed by atoms with E-state index in [-0.39, 0.29) is 5.91 Å². The predicted molar refractivity (Wildman–Crippen MR) is 74.2 cm³/mol. The molecule has 1 aliphatic heterocycles. The monoisotopic (exact) mass is 264 g/mol. The summed E-state index contributed by atoms with van der Waals surface area (Å²) < 4.78 is 0. The van der Waals surface area contributed by atoms with Crippen LogP contribution < -0.4 is 10.6 Å². The van der Waals surface area contributed by atoms with Crippen LogP contribution >= 0.6 is 11.3 Å². The summed E-state index contributed by atoms with van der Waals surface area (Å²) in [5.74, 6) is 1.52. The predicted octanol–water partition coefficient (Wildman–Crippen LogP) is 1.82. The summed E-state index contributed by atoms with van der Waals surface area (Å²) in [6, 6.07) is 2.12.